The molecule has 0 fully saturated rings. The van der Waals surface area contributed by atoms with Crippen LogP contribution < -0.4 is 0 Å². The zero-order valence-corrected chi connectivity index (χ0v) is 11.0. The van der Waals surface area contributed by atoms with Gasteiger partial charge in [-0.3, -0.25) is 0 Å². The normalized spacial score (nSPS) is 10.6. The summed E-state index contributed by atoms with van der Waals surface area (Å²) in [6.07, 6.45) is 0. The van der Waals surface area contributed by atoms with Gasteiger partial charge in [0.25, 0.3) is 0 Å². The van der Waals surface area contributed by atoms with Crippen molar-refractivity contribution >= 4 is 47.7 Å². The molecule has 0 nitrogen and oxygen atoms in total. The second kappa shape index (κ2) is 3.71. The van der Waals surface area contributed by atoms with Crippen molar-refractivity contribution in [3.8, 4) is 0 Å². The van der Waals surface area contributed by atoms with Crippen LogP contribution in [0.2, 0.25) is 0 Å². The summed E-state index contributed by atoms with van der Waals surface area (Å²) in [5.41, 5.74) is 0. The predicted octanol–water partition coefficient (Wildman–Crippen LogP) is 2.75. The van der Waals surface area contributed by atoms with Gasteiger partial charge < -0.3 is 0 Å². The summed E-state index contributed by atoms with van der Waals surface area (Å²) >= 11 is 4.93. The Hall–Kier alpha value is 1.74. The van der Waals surface area contributed by atoms with E-state index in [0.29, 0.717) is 0 Å². The van der Waals surface area contributed by atoms with E-state index >= 15 is 0 Å². The maximum atomic E-state index is 3.71. The average Bonchev–Trinajstić information content (AvgIpc) is 1.68. The Balaban J connectivity index is 3.82. The van der Waals surface area contributed by atoms with E-state index in [1.165, 1.54) is 0 Å². The number of hydrogen-bond donors (Lipinski definition) is 0. The van der Waals surface area contributed by atoms with Gasteiger partial charge in [-0.2, -0.15) is 0 Å². The molecule has 0 saturated carbocycles. The van der Waals surface area contributed by atoms with E-state index in [9.17, 15) is 0 Å². The van der Waals surface area contributed by atoms with E-state index in [1.807, 2.05) is 0 Å². The second-order valence-electron chi connectivity index (χ2n) is 1.08. The van der Waals surface area contributed by atoms with Crippen molar-refractivity contribution < 1.29 is 0 Å². The van der Waals surface area contributed by atoms with Gasteiger partial charge in [-0.1, -0.05) is 0 Å². The molecule has 0 aliphatic heterocycles. The Morgan fingerprint density at radius 2 is 1.43 bits per heavy atom. The molecule has 40 valence electrons. The Morgan fingerprint density at radius 3 is 1.43 bits per heavy atom. The fraction of sp³-hybridized carbons (Fsp3) is 0. The first kappa shape index (κ1) is 8.74. The van der Waals surface area contributed by atoms with Gasteiger partial charge in [-0.15, -0.1) is 0 Å². The van der Waals surface area contributed by atoms with Gasteiger partial charge in [0.15, 0.2) is 0 Å². The first-order valence-electron chi connectivity index (χ1n) is 1.77. The van der Waals surface area contributed by atoms with E-state index in [1.54, 1.807) is 0 Å². The molecule has 0 bridgehead atoms. The standard InChI is InChI=1S/2C2H3.2HI.Sn/c2*1-2;;;/h2*1H,2H2;2*1H;/q;;;;+2/p-2. The second-order valence-corrected chi connectivity index (χ2v) is 45.1. The summed E-state index contributed by atoms with van der Waals surface area (Å²) < 4.78 is 4.12. The van der Waals surface area contributed by atoms with Gasteiger partial charge in [0, 0.05) is 0 Å². The van der Waals surface area contributed by atoms with Crippen molar-refractivity contribution in [3.63, 3.8) is 0 Å². The fourth-order valence-corrected chi connectivity index (χ4v) is 0.559. The number of halogens is 2. The monoisotopic (exact) mass is 428 g/mol. The van der Waals surface area contributed by atoms with Crippen LogP contribution in [0.3, 0.4) is 0 Å². The van der Waals surface area contributed by atoms with E-state index in [-0.39, 0.29) is 0 Å². The fourth-order valence-electron chi connectivity index (χ4n) is 0.0833. The van der Waals surface area contributed by atoms with Crippen molar-refractivity contribution in [3.05, 3.63) is 21.3 Å². The molecule has 0 radical (unpaired) electrons. The molecular formula is C4H6I2Sn. The summed E-state index contributed by atoms with van der Waals surface area (Å²) in [5.74, 6) is 0. The summed E-state index contributed by atoms with van der Waals surface area (Å²) in [5, 5.41) is 0. The van der Waals surface area contributed by atoms with Crippen LogP contribution in [0.25, 0.3) is 0 Å². The minimum absolute atomic E-state index is 1.82. The van der Waals surface area contributed by atoms with Crippen LogP contribution in [-0.2, 0) is 0 Å². The molecule has 0 aliphatic carbocycles. The van der Waals surface area contributed by atoms with Crippen molar-refractivity contribution in [2.24, 2.45) is 0 Å². The SMILES string of the molecule is C=[CH][Sn]([I])([I])[CH]=C. The first-order chi connectivity index (χ1) is 3.12. The third-order valence-corrected chi connectivity index (χ3v) is 15.5. The molecule has 3 heteroatoms. The van der Waals surface area contributed by atoms with Crippen molar-refractivity contribution in [1.29, 1.82) is 0 Å². The molecule has 0 amide bonds. The van der Waals surface area contributed by atoms with Gasteiger partial charge in [-0.05, 0) is 0 Å². The van der Waals surface area contributed by atoms with Crippen LogP contribution in [0, 0.1) is 0 Å². The maximum absolute atomic E-state index is 3.71. The van der Waals surface area contributed by atoms with Crippen molar-refractivity contribution in [2.75, 3.05) is 0 Å². The van der Waals surface area contributed by atoms with Gasteiger partial charge >= 0.3 is 69.0 Å². The first-order valence-corrected chi connectivity index (χ1v) is 21.7. The quantitative estimate of drug-likeness (QED) is 0.471. The Morgan fingerprint density at radius 1 is 1.14 bits per heavy atom. The molecular weight excluding hydrogens is 421 g/mol. The predicted molar refractivity (Wildman–Crippen MR) is 54.2 cm³/mol. The molecule has 0 spiro atoms. The minimum atomic E-state index is -1.82. The Kier molecular flexibility index (Phi) is 4.63. The van der Waals surface area contributed by atoms with Crippen molar-refractivity contribution in [1.82, 2.24) is 0 Å². The molecule has 0 aromatic rings. The van der Waals surface area contributed by atoms with Crippen molar-refractivity contribution in [2.45, 2.75) is 0 Å². The number of hydrogen-bond acceptors (Lipinski definition) is 0. The van der Waals surface area contributed by atoms with Gasteiger partial charge in [0.2, 0.25) is 0 Å². The number of rotatable bonds is 2. The van der Waals surface area contributed by atoms with Crippen LogP contribution in [0.1, 0.15) is 0 Å². The summed E-state index contributed by atoms with van der Waals surface area (Å²) in [7, 11) is -1.82. The topological polar surface area (TPSA) is 0 Å². The Bertz CT molecular complexity index is 77.7. The van der Waals surface area contributed by atoms with Crippen LogP contribution in [0.5, 0.6) is 0 Å². The van der Waals surface area contributed by atoms with Gasteiger partial charge in [0.1, 0.15) is 0 Å². The molecule has 0 unspecified atom stereocenters. The zero-order chi connectivity index (χ0) is 5.91. The molecule has 0 atom stereocenters. The van der Waals surface area contributed by atoms with E-state index in [2.05, 4.69) is 58.6 Å². The van der Waals surface area contributed by atoms with Crippen LogP contribution in [0.15, 0.2) is 21.3 Å². The molecule has 0 N–H and O–H groups in total. The van der Waals surface area contributed by atoms with Gasteiger partial charge in [-0.25, -0.2) is 0 Å². The summed E-state index contributed by atoms with van der Waals surface area (Å²) in [6.45, 7) is 7.42. The average molecular weight is 427 g/mol. The van der Waals surface area contributed by atoms with Crippen LogP contribution in [0.4, 0.5) is 0 Å². The molecule has 7 heavy (non-hydrogen) atoms. The molecule has 0 aromatic heterocycles. The summed E-state index contributed by atoms with van der Waals surface area (Å²) in [6, 6.07) is 0. The third kappa shape index (κ3) is 4.26. The van der Waals surface area contributed by atoms with Crippen LogP contribution >= 0.6 is 37.3 Å². The Labute approximate surface area is 67.7 Å². The van der Waals surface area contributed by atoms with Crippen LogP contribution in [-0.4, -0.2) is 10.4 Å². The van der Waals surface area contributed by atoms with E-state index in [0.717, 1.165) is 0 Å². The molecule has 0 aliphatic rings. The van der Waals surface area contributed by atoms with E-state index in [4.69, 9.17) is 0 Å². The molecule has 0 rings (SSSR count). The third-order valence-electron chi connectivity index (χ3n) is 0.544. The molecule has 0 aromatic carbocycles. The van der Waals surface area contributed by atoms with E-state index < -0.39 is 10.4 Å². The zero-order valence-electron chi connectivity index (χ0n) is 3.82. The molecule has 0 heterocycles. The molecule has 0 saturated heterocycles. The van der Waals surface area contributed by atoms with Gasteiger partial charge in [0.05, 0.1) is 0 Å². The summed E-state index contributed by atoms with van der Waals surface area (Å²) in [4.78, 5) is 0.